The average Bonchev–Trinajstić information content (AvgIpc) is 2.74. The molecule has 0 atom stereocenters. The number of nitrogens with two attached hydrogens (primary N) is 1. The van der Waals surface area contributed by atoms with Crippen molar-refractivity contribution in [2.45, 2.75) is 6.18 Å². The van der Waals surface area contributed by atoms with Crippen molar-refractivity contribution in [2.24, 2.45) is 5.73 Å². The van der Waals surface area contributed by atoms with Gasteiger partial charge in [0, 0.05) is 13.1 Å². The van der Waals surface area contributed by atoms with Gasteiger partial charge in [-0.25, -0.2) is 9.97 Å². The number of halogens is 3. The van der Waals surface area contributed by atoms with Gasteiger partial charge >= 0.3 is 6.18 Å². The minimum atomic E-state index is -4.29. The molecule has 0 spiro atoms. The van der Waals surface area contributed by atoms with Crippen LogP contribution >= 0.6 is 11.3 Å². The lowest BCUT2D eigenvalue weighted by molar-refractivity contribution is -0.119. The molecular formula is C10H11F3N4S. The SMILES string of the molecule is NCCN(CC(F)(F)F)c1ncnc2sccc12. The summed E-state index contributed by atoms with van der Waals surface area (Å²) in [7, 11) is 0. The van der Waals surface area contributed by atoms with E-state index in [4.69, 9.17) is 5.73 Å². The lowest BCUT2D eigenvalue weighted by Crippen LogP contribution is -2.38. The number of rotatable bonds is 4. The van der Waals surface area contributed by atoms with Crippen molar-refractivity contribution in [1.29, 1.82) is 0 Å². The Hall–Kier alpha value is -1.41. The Labute approximate surface area is 105 Å². The molecule has 0 fully saturated rings. The minimum absolute atomic E-state index is 0.0987. The van der Waals surface area contributed by atoms with E-state index in [1.165, 1.54) is 17.7 Å². The highest BCUT2D eigenvalue weighted by atomic mass is 32.1. The summed E-state index contributed by atoms with van der Waals surface area (Å²) in [5.74, 6) is 0.282. The highest BCUT2D eigenvalue weighted by Crippen LogP contribution is 2.28. The Morgan fingerprint density at radius 3 is 2.78 bits per heavy atom. The molecule has 2 rings (SSSR count). The molecule has 0 saturated carbocycles. The van der Waals surface area contributed by atoms with Crippen LogP contribution in [0.5, 0.6) is 0 Å². The van der Waals surface area contributed by atoms with Crippen LogP contribution in [0.1, 0.15) is 0 Å². The zero-order valence-corrected chi connectivity index (χ0v) is 10.1. The van der Waals surface area contributed by atoms with E-state index in [2.05, 4.69) is 9.97 Å². The predicted molar refractivity (Wildman–Crippen MR) is 64.7 cm³/mol. The predicted octanol–water partition coefficient (Wildman–Crippen LogP) is 2.02. The van der Waals surface area contributed by atoms with E-state index >= 15 is 0 Å². The van der Waals surface area contributed by atoms with Gasteiger partial charge in [-0.05, 0) is 11.4 Å². The van der Waals surface area contributed by atoms with Gasteiger partial charge in [-0.3, -0.25) is 0 Å². The number of fused-ring (bicyclic) bond motifs is 1. The van der Waals surface area contributed by atoms with Gasteiger partial charge in [-0.2, -0.15) is 13.2 Å². The lowest BCUT2D eigenvalue weighted by atomic mass is 10.3. The summed E-state index contributed by atoms with van der Waals surface area (Å²) >= 11 is 1.36. The fourth-order valence-corrected chi connectivity index (χ4v) is 2.39. The summed E-state index contributed by atoms with van der Waals surface area (Å²) in [5, 5.41) is 2.40. The molecular weight excluding hydrogens is 265 g/mol. The molecule has 0 aromatic carbocycles. The molecule has 0 aliphatic rings. The molecule has 2 aromatic rings. The maximum absolute atomic E-state index is 12.5. The molecule has 2 N–H and O–H groups in total. The fourth-order valence-electron chi connectivity index (χ4n) is 1.66. The Morgan fingerprint density at radius 1 is 1.33 bits per heavy atom. The summed E-state index contributed by atoms with van der Waals surface area (Å²) in [4.78, 5) is 9.76. The fraction of sp³-hybridized carbons (Fsp3) is 0.400. The van der Waals surface area contributed by atoms with Crippen LogP contribution in [0.4, 0.5) is 19.0 Å². The highest BCUT2D eigenvalue weighted by Gasteiger charge is 2.31. The van der Waals surface area contributed by atoms with E-state index in [0.29, 0.717) is 10.2 Å². The van der Waals surface area contributed by atoms with Crippen LogP contribution in [0, 0.1) is 0 Å². The maximum atomic E-state index is 12.5. The number of alkyl halides is 3. The summed E-state index contributed by atoms with van der Waals surface area (Å²) in [6.45, 7) is -0.834. The molecule has 98 valence electrons. The third kappa shape index (κ3) is 2.88. The van der Waals surface area contributed by atoms with Crippen LogP contribution in [0.3, 0.4) is 0 Å². The molecule has 0 aliphatic carbocycles. The number of aromatic nitrogens is 2. The highest BCUT2D eigenvalue weighted by molar-refractivity contribution is 7.16. The quantitative estimate of drug-likeness (QED) is 0.928. The second-order valence-electron chi connectivity index (χ2n) is 3.66. The van der Waals surface area contributed by atoms with Crippen molar-refractivity contribution in [3.8, 4) is 0 Å². The van der Waals surface area contributed by atoms with Crippen molar-refractivity contribution in [3.05, 3.63) is 17.8 Å². The van der Waals surface area contributed by atoms with Gasteiger partial charge < -0.3 is 10.6 Å². The summed E-state index contributed by atoms with van der Waals surface area (Å²) in [6, 6.07) is 1.72. The van der Waals surface area contributed by atoms with Crippen LogP contribution in [0.15, 0.2) is 17.8 Å². The van der Waals surface area contributed by atoms with Crippen molar-refractivity contribution < 1.29 is 13.2 Å². The lowest BCUT2D eigenvalue weighted by Gasteiger charge is -2.24. The van der Waals surface area contributed by atoms with Crippen LogP contribution in [0.25, 0.3) is 10.2 Å². The van der Waals surface area contributed by atoms with E-state index in [-0.39, 0.29) is 18.9 Å². The molecule has 2 aromatic heterocycles. The van der Waals surface area contributed by atoms with Crippen LogP contribution in [-0.2, 0) is 0 Å². The van der Waals surface area contributed by atoms with Crippen LogP contribution in [0.2, 0.25) is 0 Å². The minimum Gasteiger partial charge on any atom is -0.346 e. The molecule has 0 unspecified atom stereocenters. The third-order valence-corrected chi connectivity index (χ3v) is 3.13. The molecule has 0 bridgehead atoms. The first-order valence-electron chi connectivity index (χ1n) is 5.21. The molecule has 8 heteroatoms. The first-order chi connectivity index (χ1) is 8.51. The van der Waals surface area contributed by atoms with Gasteiger partial charge in [0.05, 0.1) is 5.39 Å². The van der Waals surface area contributed by atoms with E-state index < -0.39 is 12.7 Å². The first kappa shape index (κ1) is 13.0. The number of anilines is 1. The molecule has 0 radical (unpaired) electrons. The van der Waals surface area contributed by atoms with Gasteiger partial charge in [0.15, 0.2) is 0 Å². The normalized spacial score (nSPS) is 12.0. The van der Waals surface area contributed by atoms with Gasteiger partial charge in [-0.1, -0.05) is 0 Å². The van der Waals surface area contributed by atoms with Gasteiger partial charge in [0.25, 0.3) is 0 Å². The number of thiophene rings is 1. The van der Waals surface area contributed by atoms with Crippen molar-refractivity contribution >= 4 is 27.4 Å². The Balaban J connectivity index is 2.38. The second-order valence-corrected chi connectivity index (χ2v) is 4.56. The smallest absolute Gasteiger partial charge is 0.346 e. The average molecular weight is 276 g/mol. The standard InChI is InChI=1S/C10H11F3N4S/c11-10(12,13)5-17(3-2-14)8-7-1-4-18-9(7)16-6-15-8/h1,4,6H,2-3,5,14H2. The number of hydrogen-bond donors (Lipinski definition) is 1. The molecule has 18 heavy (non-hydrogen) atoms. The molecule has 0 saturated heterocycles. The Bertz CT molecular complexity index is 525. The molecule has 4 nitrogen and oxygen atoms in total. The topological polar surface area (TPSA) is 55.0 Å². The van der Waals surface area contributed by atoms with Crippen molar-refractivity contribution in [3.63, 3.8) is 0 Å². The van der Waals surface area contributed by atoms with E-state index in [9.17, 15) is 13.2 Å². The van der Waals surface area contributed by atoms with Gasteiger partial charge in [0.1, 0.15) is 23.5 Å². The summed E-state index contributed by atoms with van der Waals surface area (Å²) in [6.07, 6.45) is -3.02. The van der Waals surface area contributed by atoms with Gasteiger partial charge in [-0.15, -0.1) is 11.3 Å². The number of hydrogen-bond acceptors (Lipinski definition) is 5. The van der Waals surface area contributed by atoms with Crippen molar-refractivity contribution in [1.82, 2.24) is 9.97 Å². The number of nitrogens with zero attached hydrogens (tertiary/aromatic N) is 3. The largest absolute Gasteiger partial charge is 0.405 e. The van der Waals surface area contributed by atoms with E-state index in [1.807, 2.05) is 0 Å². The monoisotopic (exact) mass is 276 g/mol. The Kier molecular flexibility index (Phi) is 3.67. The van der Waals surface area contributed by atoms with Crippen molar-refractivity contribution in [2.75, 3.05) is 24.5 Å². The summed E-state index contributed by atoms with van der Waals surface area (Å²) in [5.41, 5.74) is 5.36. The first-order valence-corrected chi connectivity index (χ1v) is 6.09. The molecule has 0 aliphatic heterocycles. The third-order valence-electron chi connectivity index (χ3n) is 2.31. The van der Waals surface area contributed by atoms with E-state index in [1.54, 1.807) is 11.4 Å². The van der Waals surface area contributed by atoms with Gasteiger partial charge in [0.2, 0.25) is 0 Å². The maximum Gasteiger partial charge on any atom is 0.405 e. The zero-order chi connectivity index (χ0) is 13.2. The van der Waals surface area contributed by atoms with Crippen LogP contribution < -0.4 is 10.6 Å². The Morgan fingerprint density at radius 2 is 2.11 bits per heavy atom. The zero-order valence-electron chi connectivity index (χ0n) is 9.31. The molecule has 2 heterocycles. The van der Waals surface area contributed by atoms with E-state index in [0.717, 1.165) is 4.90 Å². The van der Waals surface area contributed by atoms with Crippen LogP contribution in [-0.4, -0.2) is 35.8 Å². The second kappa shape index (κ2) is 5.07. The molecule has 0 amide bonds. The summed E-state index contributed by atoms with van der Waals surface area (Å²) < 4.78 is 37.6.